The van der Waals surface area contributed by atoms with E-state index in [1.54, 1.807) is 0 Å². The zero-order valence-electron chi connectivity index (χ0n) is 6.97. The Morgan fingerprint density at radius 3 is 1.50 bits per heavy atom. The average molecular weight is 293 g/mol. The molecular weight excluding hydrogens is 290 g/mol. The van der Waals surface area contributed by atoms with Crippen molar-refractivity contribution in [3.63, 3.8) is 0 Å². The SMILES string of the molecule is O=S(=O)(O)C1C(Cl)C(F)(F)C(F)(F)C1(F)F. The van der Waals surface area contributed by atoms with Crippen molar-refractivity contribution in [1.29, 1.82) is 0 Å². The van der Waals surface area contributed by atoms with Gasteiger partial charge in [0.15, 0.2) is 5.25 Å². The van der Waals surface area contributed by atoms with Gasteiger partial charge in [-0.05, 0) is 0 Å². The number of halogens is 7. The van der Waals surface area contributed by atoms with Crippen LogP contribution in [0.3, 0.4) is 0 Å². The van der Waals surface area contributed by atoms with E-state index in [1.807, 2.05) is 0 Å². The summed E-state index contributed by atoms with van der Waals surface area (Å²) in [5, 5.41) is -7.18. The molecule has 0 aromatic heterocycles. The third-order valence-electron chi connectivity index (χ3n) is 2.13. The molecule has 0 aromatic rings. The quantitative estimate of drug-likeness (QED) is 0.455. The van der Waals surface area contributed by atoms with Crippen molar-refractivity contribution in [3.8, 4) is 0 Å². The van der Waals surface area contributed by atoms with E-state index < -0.39 is 38.5 Å². The van der Waals surface area contributed by atoms with Gasteiger partial charge in [-0.25, -0.2) is 0 Å². The number of rotatable bonds is 1. The molecule has 1 N–H and O–H groups in total. The van der Waals surface area contributed by atoms with Gasteiger partial charge in [-0.2, -0.15) is 34.8 Å². The molecule has 1 saturated carbocycles. The molecule has 2 atom stereocenters. The molecule has 0 aromatic carbocycles. The molecule has 3 nitrogen and oxygen atoms in total. The van der Waals surface area contributed by atoms with Crippen molar-refractivity contribution in [2.45, 2.75) is 28.4 Å². The van der Waals surface area contributed by atoms with Crippen LogP contribution < -0.4 is 0 Å². The van der Waals surface area contributed by atoms with Crippen LogP contribution in [0.5, 0.6) is 0 Å². The standard InChI is InChI=1S/C5H3ClF6O3S/c6-1-2(16(13,14)15)4(9,10)5(11,12)3(1,7)8/h1-2H,(H,13,14,15). The fourth-order valence-electron chi connectivity index (χ4n) is 1.29. The first kappa shape index (κ1) is 13.8. The maximum Gasteiger partial charge on any atom is 0.375 e. The van der Waals surface area contributed by atoms with Gasteiger partial charge < -0.3 is 0 Å². The van der Waals surface area contributed by atoms with Crippen molar-refractivity contribution in [2.75, 3.05) is 0 Å². The molecule has 96 valence electrons. The van der Waals surface area contributed by atoms with E-state index in [0.29, 0.717) is 0 Å². The van der Waals surface area contributed by atoms with Crippen LogP contribution in [0, 0.1) is 0 Å². The zero-order valence-corrected chi connectivity index (χ0v) is 8.54. The molecule has 11 heteroatoms. The summed E-state index contributed by atoms with van der Waals surface area (Å²) in [6, 6.07) is 0. The summed E-state index contributed by atoms with van der Waals surface area (Å²) in [5.74, 6) is -17.1. The predicted octanol–water partition coefficient (Wildman–Crippen LogP) is 1.77. The lowest BCUT2D eigenvalue weighted by Crippen LogP contribution is -2.50. The Labute approximate surface area is 90.1 Å². The Morgan fingerprint density at radius 2 is 1.38 bits per heavy atom. The molecule has 2 unspecified atom stereocenters. The van der Waals surface area contributed by atoms with Gasteiger partial charge in [-0.1, -0.05) is 0 Å². The second kappa shape index (κ2) is 3.16. The minimum atomic E-state index is -5.95. The van der Waals surface area contributed by atoms with Crippen molar-refractivity contribution >= 4 is 21.7 Å². The molecule has 0 amide bonds. The zero-order chi connectivity index (χ0) is 13.2. The Kier molecular flexibility index (Phi) is 2.74. The molecule has 0 heterocycles. The first-order valence-electron chi connectivity index (χ1n) is 3.51. The van der Waals surface area contributed by atoms with Crippen LogP contribution in [-0.4, -0.2) is 41.4 Å². The normalized spacial score (nSPS) is 36.2. The molecular formula is C5H3ClF6O3S. The molecule has 1 aliphatic carbocycles. The number of hydrogen-bond donors (Lipinski definition) is 1. The Bertz CT molecular complexity index is 406. The molecule has 16 heavy (non-hydrogen) atoms. The van der Waals surface area contributed by atoms with Gasteiger partial charge in [0.25, 0.3) is 10.1 Å². The second-order valence-corrected chi connectivity index (χ2v) is 5.17. The van der Waals surface area contributed by atoms with E-state index in [4.69, 9.17) is 4.55 Å². The first-order chi connectivity index (χ1) is 6.78. The molecule has 1 rings (SSSR count). The summed E-state index contributed by atoms with van der Waals surface area (Å²) < 4.78 is 105. The van der Waals surface area contributed by atoms with Crippen LogP contribution >= 0.6 is 11.6 Å². The average Bonchev–Trinajstić information content (AvgIpc) is 2.06. The van der Waals surface area contributed by atoms with Crippen LogP contribution in [0.4, 0.5) is 26.3 Å². The summed E-state index contributed by atoms with van der Waals surface area (Å²) in [6.07, 6.45) is 0. The van der Waals surface area contributed by atoms with Crippen molar-refractivity contribution in [1.82, 2.24) is 0 Å². The maximum atomic E-state index is 12.8. The molecule has 1 fully saturated rings. The Morgan fingerprint density at radius 1 is 1.00 bits per heavy atom. The Balaban J connectivity index is 3.48. The Hall–Kier alpha value is -0.220. The summed E-state index contributed by atoms with van der Waals surface area (Å²) in [6.45, 7) is 0. The van der Waals surface area contributed by atoms with Gasteiger partial charge in [-0.15, -0.1) is 11.6 Å². The first-order valence-corrected chi connectivity index (χ1v) is 5.45. The van der Waals surface area contributed by atoms with Crippen LogP contribution in [-0.2, 0) is 10.1 Å². The van der Waals surface area contributed by atoms with Crippen LogP contribution in [0.1, 0.15) is 0 Å². The summed E-state index contributed by atoms with van der Waals surface area (Å²) in [5.41, 5.74) is 0. The fraction of sp³-hybridized carbons (Fsp3) is 1.00. The van der Waals surface area contributed by atoms with Gasteiger partial charge in [0.05, 0.1) is 0 Å². The van der Waals surface area contributed by atoms with E-state index in [1.165, 1.54) is 0 Å². The number of hydrogen-bond acceptors (Lipinski definition) is 2. The van der Waals surface area contributed by atoms with E-state index in [9.17, 15) is 34.8 Å². The van der Waals surface area contributed by atoms with Gasteiger partial charge in [-0.3, -0.25) is 4.55 Å². The van der Waals surface area contributed by atoms with E-state index in [2.05, 4.69) is 11.6 Å². The molecule has 0 aliphatic heterocycles. The lowest BCUT2D eigenvalue weighted by Gasteiger charge is -2.23. The van der Waals surface area contributed by atoms with Crippen molar-refractivity contribution < 1.29 is 39.3 Å². The lowest BCUT2D eigenvalue weighted by atomic mass is 10.2. The molecule has 0 spiro atoms. The van der Waals surface area contributed by atoms with E-state index >= 15 is 0 Å². The maximum absolute atomic E-state index is 12.8. The van der Waals surface area contributed by atoms with Crippen molar-refractivity contribution in [3.05, 3.63) is 0 Å². The van der Waals surface area contributed by atoms with Gasteiger partial charge >= 0.3 is 17.8 Å². The second-order valence-electron chi connectivity index (χ2n) is 3.16. The van der Waals surface area contributed by atoms with Crippen LogP contribution in [0.2, 0.25) is 0 Å². The smallest absolute Gasteiger partial charge is 0.285 e. The van der Waals surface area contributed by atoms with E-state index in [-0.39, 0.29) is 0 Å². The predicted molar refractivity (Wildman–Crippen MR) is 39.8 cm³/mol. The highest BCUT2D eigenvalue weighted by atomic mass is 35.5. The van der Waals surface area contributed by atoms with Gasteiger partial charge in [0.1, 0.15) is 5.38 Å². The highest BCUT2D eigenvalue weighted by molar-refractivity contribution is 7.86. The molecule has 1 aliphatic rings. The van der Waals surface area contributed by atoms with Gasteiger partial charge in [0.2, 0.25) is 0 Å². The molecule has 0 radical (unpaired) electrons. The third-order valence-corrected chi connectivity index (χ3v) is 4.01. The fourth-order valence-corrected chi connectivity index (χ4v) is 2.97. The topological polar surface area (TPSA) is 54.4 Å². The van der Waals surface area contributed by atoms with Crippen LogP contribution in [0.15, 0.2) is 0 Å². The third kappa shape index (κ3) is 1.42. The highest BCUT2D eigenvalue weighted by Crippen LogP contribution is 2.59. The van der Waals surface area contributed by atoms with Crippen molar-refractivity contribution in [2.24, 2.45) is 0 Å². The minimum absolute atomic E-state index is 3.42. The summed E-state index contributed by atoms with van der Waals surface area (Å²) in [7, 11) is -5.84. The minimum Gasteiger partial charge on any atom is -0.285 e. The summed E-state index contributed by atoms with van der Waals surface area (Å²) >= 11 is 4.57. The molecule has 0 bridgehead atoms. The molecule has 0 saturated heterocycles. The van der Waals surface area contributed by atoms with Gasteiger partial charge in [0, 0.05) is 0 Å². The van der Waals surface area contributed by atoms with Crippen LogP contribution in [0.25, 0.3) is 0 Å². The summed E-state index contributed by atoms with van der Waals surface area (Å²) in [4.78, 5) is 0. The largest absolute Gasteiger partial charge is 0.375 e. The monoisotopic (exact) mass is 292 g/mol. The van der Waals surface area contributed by atoms with E-state index in [0.717, 1.165) is 0 Å². The highest BCUT2D eigenvalue weighted by Gasteiger charge is 2.87. The number of alkyl halides is 7. The lowest BCUT2D eigenvalue weighted by molar-refractivity contribution is -0.269.